The molecule has 0 aliphatic rings. The van der Waals surface area contributed by atoms with E-state index < -0.39 is 0 Å². The summed E-state index contributed by atoms with van der Waals surface area (Å²) in [6.07, 6.45) is 1.44. The van der Waals surface area contributed by atoms with Gasteiger partial charge >= 0.3 is 0 Å². The van der Waals surface area contributed by atoms with Crippen LogP contribution in [0.1, 0.15) is 18.9 Å². The molecule has 0 saturated carbocycles. The molecular weight excluding hydrogens is 194 g/mol. The van der Waals surface area contributed by atoms with Gasteiger partial charge in [-0.25, -0.2) is 0 Å². The summed E-state index contributed by atoms with van der Waals surface area (Å²) in [5, 5.41) is 21.0. The van der Waals surface area contributed by atoms with E-state index >= 15 is 0 Å². The van der Waals surface area contributed by atoms with Gasteiger partial charge in [0.25, 0.3) is 0 Å². The fourth-order valence-corrected chi connectivity index (χ4v) is 1.25. The fourth-order valence-electron chi connectivity index (χ4n) is 1.25. The molecule has 1 aromatic carbocycles. The molecule has 1 rings (SSSR count). The summed E-state index contributed by atoms with van der Waals surface area (Å²) >= 11 is 0. The number of phenols is 1. The number of nitrogens with zero attached hydrogens (tertiary/aromatic N) is 1. The van der Waals surface area contributed by atoms with Crippen molar-refractivity contribution in [2.75, 3.05) is 7.11 Å². The number of ether oxygens (including phenoxy) is 1. The van der Waals surface area contributed by atoms with E-state index in [0.29, 0.717) is 17.9 Å². The van der Waals surface area contributed by atoms with Crippen molar-refractivity contribution in [2.45, 2.75) is 19.8 Å². The molecule has 0 atom stereocenters. The highest BCUT2D eigenvalue weighted by molar-refractivity contribution is 5.81. The monoisotopic (exact) mass is 209 g/mol. The third-order valence-electron chi connectivity index (χ3n) is 2.19. The van der Waals surface area contributed by atoms with Crippen molar-refractivity contribution in [1.82, 2.24) is 0 Å². The Morgan fingerprint density at radius 3 is 2.80 bits per heavy atom. The highest BCUT2D eigenvalue weighted by atomic mass is 16.5. The smallest absolute Gasteiger partial charge is 0.160 e. The lowest BCUT2D eigenvalue weighted by atomic mass is 10.1. The summed E-state index contributed by atoms with van der Waals surface area (Å²) in [6.45, 7) is 1.76. The second-order valence-corrected chi connectivity index (χ2v) is 3.34. The SMILES string of the molecule is COc1cc(CCC(C)=NO)ccc1O. The molecular formula is C11H15NO3. The van der Waals surface area contributed by atoms with Crippen molar-refractivity contribution >= 4 is 5.71 Å². The van der Waals surface area contributed by atoms with E-state index in [2.05, 4.69) is 5.16 Å². The summed E-state index contributed by atoms with van der Waals surface area (Å²) in [5.41, 5.74) is 1.72. The van der Waals surface area contributed by atoms with Crippen LogP contribution in [0, 0.1) is 0 Å². The first-order chi connectivity index (χ1) is 7.17. The van der Waals surface area contributed by atoms with Gasteiger partial charge in [-0.15, -0.1) is 0 Å². The van der Waals surface area contributed by atoms with Crippen molar-refractivity contribution in [1.29, 1.82) is 0 Å². The first-order valence-corrected chi connectivity index (χ1v) is 4.70. The average Bonchev–Trinajstić information content (AvgIpc) is 2.27. The van der Waals surface area contributed by atoms with Crippen molar-refractivity contribution in [3.05, 3.63) is 23.8 Å². The molecule has 4 heteroatoms. The molecule has 15 heavy (non-hydrogen) atoms. The summed E-state index contributed by atoms with van der Waals surface area (Å²) < 4.78 is 4.99. The van der Waals surface area contributed by atoms with Crippen molar-refractivity contribution in [2.24, 2.45) is 5.16 Å². The van der Waals surface area contributed by atoms with Gasteiger partial charge in [-0.1, -0.05) is 11.2 Å². The maximum Gasteiger partial charge on any atom is 0.160 e. The number of methoxy groups -OCH3 is 1. The van der Waals surface area contributed by atoms with Gasteiger partial charge in [0.15, 0.2) is 11.5 Å². The Balaban J connectivity index is 2.70. The number of aryl methyl sites for hydroxylation is 1. The van der Waals surface area contributed by atoms with Gasteiger partial charge in [-0.3, -0.25) is 0 Å². The molecule has 4 nitrogen and oxygen atoms in total. The summed E-state index contributed by atoms with van der Waals surface area (Å²) in [6, 6.07) is 5.20. The van der Waals surface area contributed by atoms with Gasteiger partial charge in [0, 0.05) is 0 Å². The van der Waals surface area contributed by atoms with Gasteiger partial charge in [0.05, 0.1) is 12.8 Å². The maximum atomic E-state index is 9.37. The van der Waals surface area contributed by atoms with E-state index in [4.69, 9.17) is 9.94 Å². The van der Waals surface area contributed by atoms with Crippen molar-refractivity contribution in [3.63, 3.8) is 0 Å². The number of rotatable bonds is 4. The second kappa shape index (κ2) is 5.24. The largest absolute Gasteiger partial charge is 0.504 e. The van der Waals surface area contributed by atoms with Crippen LogP contribution >= 0.6 is 0 Å². The highest BCUT2D eigenvalue weighted by Crippen LogP contribution is 2.26. The molecule has 0 unspecified atom stereocenters. The zero-order valence-electron chi connectivity index (χ0n) is 8.90. The molecule has 0 heterocycles. The Kier molecular flexibility index (Phi) is 3.97. The Hall–Kier alpha value is -1.71. The van der Waals surface area contributed by atoms with Crippen LogP contribution in [0.2, 0.25) is 0 Å². The number of oxime groups is 1. The molecule has 0 saturated heterocycles. The van der Waals surface area contributed by atoms with E-state index in [1.165, 1.54) is 7.11 Å². The Morgan fingerprint density at radius 1 is 1.47 bits per heavy atom. The number of hydrogen-bond acceptors (Lipinski definition) is 4. The van der Waals surface area contributed by atoms with Crippen LogP contribution in [0.4, 0.5) is 0 Å². The van der Waals surface area contributed by atoms with Gasteiger partial charge in [0.2, 0.25) is 0 Å². The highest BCUT2D eigenvalue weighted by Gasteiger charge is 2.03. The molecule has 0 aliphatic heterocycles. The molecule has 0 aliphatic carbocycles. The molecule has 0 radical (unpaired) electrons. The summed E-state index contributed by atoms with van der Waals surface area (Å²) in [5.74, 6) is 0.597. The second-order valence-electron chi connectivity index (χ2n) is 3.34. The van der Waals surface area contributed by atoms with Crippen LogP contribution in [0.5, 0.6) is 11.5 Å². The van der Waals surface area contributed by atoms with Gasteiger partial charge in [-0.05, 0) is 37.5 Å². The number of phenolic OH excluding ortho intramolecular Hbond substituents is 1. The van der Waals surface area contributed by atoms with E-state index in [0.717, 1.165) is 12.0 Å². The third kappa shape index (κ3) is 3.16. The lowest BCUT2D eigenvalue weighted by molar-refractivity contribution is 0.317. The van der Waals surface area contributed by atoms with Crippen LogP contribution in [0.15, 0.2) is 23.4 Å². The van der Waals surface area contributed by atoms with Gasteiger partial charge in [0.1, 0.15) is 0 Å². The normalized spacial score (nSPS) is 11.5. The number of hydrogen-bond donors (Lipinski definition) is 2. The van der Waals surface area contributed by atoms with E-state index in [-0.39, 0.29) is 5.75 Å². The molecule has 0 aromatic heterocycles. The van der Waals surface area contributed by atoms with Crippen LogP contribution in [0.25, 0.3) is 0 Å². The van der Waals surface area contributed by atoms with Crippen molar-refractivity contribution < 1.29 is 15.1 Å². The topological polar surface area (TPSA) is 62.0 Å². The average molecular weight is 209 g/mol. The summed E-state index contributed by atoms with van der Waals surface area (Å²) in [7, 11) is 1.51. The standard InChI is InChI=1S/C11H15NO3/c1-8(12-14)3-4-9-5-6-10(13)11(7-9)15-2/h5-7,13-14H,3-4H2,1-2H3. The fraction of sp³-hybridized carbons (Fsp3) is 0.364. The lowest BCUT2D eigenvalue weighted by Crippen LogP contribution is -1.95. The van der Waals surface area contributed by atoms with Gasteiger partial charge in [-0.2, -0.15) is 0 Å². The zero-order chi connectivity index (χ0) is 11.3. The van der Waals surface area contributed by atoms with Crippen molar-refractivity contribution in [3.8, 4) is 11.5 Å². The minimum Gasteiger partial charge on any atom is -0.504 e. The van der Waals surface area contributed by atoms with Gasteiger partial charge < -0.3 is 15.1 Å². The van der Waals surface area contributed by atoms with Crippen LogP contribution in [-0.4, -0.2) is 23.1 Å². The van der Waals surface area contributed by atoms with E-state index in [1.807, 2.05) is 6.07 Å². The first-order valence-electron chi connectivity index (χ1n) is 4.70. The van der Waals surface area contributed by atoms with Crippen LogP contribution < -0.4 is 4.74 Å². The van der Waals surface area contributed by atoms with E-state index in [1.54, 1.807) is 19.1 Å². The summed E-state index contributed by atoms with van der Waals surface area (Å²) in [4.78, 5) is 0. The van der Waals surface area contributed by atoms with Crippen LogP contribution in [0.3, 0.4) is 0 Å². The van der Waals surface area contributed by atoms with E-state index in [9.17, 15) is 5.11 Å². The number of aromatic hydroxyl groups is 1. The predicted octanol–water partition coefficient (Wildman–Crippen LogP) is 2.18. The third-order valence-corrected chi connectivity index (χ3v) is 2.19. The molecule has 0 amide bonds. The predicted molar refractivity (Wildman–Crippen MR) is 57.9 cm³/mol. The minimum absolute atomic E-state index is 0.133. The Labute approximate surface area is 88.8 Å². The molecule has 0 bridgehead atoms. The Bertz CT molecular complexity index is 361. The Morgan fingerprint density at radius 2 is 2.20 bits per heavy atom. The molecule has 0 fully saturated rings. The molecule has 1 aromatic rings. The lowest BCUT2D eigenvalue weighted by Gasteiger charge is -2.06. The quantitative estimate of drug-likeness (QED) is 0.454. The zero-order valence-corrected chi connectivity index (χ0v) is 8.90. The molecule has 2 N–H and O–H groups in total. The number of benzene rings is 1. The first kappa shape index (κ1) is 11.4. The van der Waals surface area contributed by atoms with Crippen LogP contribution in [-0.2, 0) is 6.42 Å². The minimum atomic E-state index is 0.133. The molecule has 0 spiro atoms. The molecule has 82 valence electrons. The maximum absolute atomic E-state index is 9.37.